The first-order valence-electron chi connectivity index (χ1n) is 6.33. The number of carbonyl (C=O) groups excluding carboxylic acids is 1. The Hall–Kier alpha value is -2.81. The second-order valence-corrected chi connectivity index (χ2v) is 4.51. The van der Waals surface area contributed by atoms with Gasteiger partial charge in [0.05, 0.1) is 11.3 Å². The van der Waals surface area contributed by atoms with Gasteiger partial charge in [0.1, 0.15) is 0 Å². The van der Waals surface area contributed by atoms with Gasteiger partial charge in [-0.3, -0.25) is 4.79 Å². The molecule has 0 saturated carbocycles. The maximum Gasteiger partial charge on any atom is 0.260 e. The van der Waals surface area contributed by atoms with Crippen molar-refractivity contribution in [1.29, 1.82) is 0 Å². The van der Waals surface area contributed by atoms with Crippen molar-refractivity contribution in [3.63, 3.8) is 0 Å². The fourth-order valence-electron chi connectivity index (χ4n) is 2.18. The van der Waals surface area contributed by atoms with Crippen molar-refractivity contribution in [2.24, 2.45) is 0 Å². The van der Waals surface area contributed by atoms with Gasteiger partial charge in [0.2, 0.25) is 0 Å². The number of aliphatic hydroxyl groups excluding tert-OH is 1. The summed E-state index contributed by atoms with van der Waals surface area (Å²) in [5.41, 5.74) is 2.37. The van der Waals surface area contributed by atoms with Crippen molar-refractivity contribution < 1.29 is 9.90 Å². The molecule has 0 fully saturated rings. The highest BCUT2D eigenvalue weighted by molar-refractivity contribution is 6.24. The van der Waals surface area contributed by atoms with Gasteiger partial charge in [-0.2, -0.15) is 0 Å². The lowest BCUT2D eigenvalue weighted by Crippen LogP contribution is -2.15. The molecule has 1 heterocycles. The lowest BCUT2D eigenvalue weighted by atomic mass is 10.1. The first-order valence-corrected chi connectivity index (χ1v) is 6.33. The van der Waals surface area contributed by atoms with Gasteiger partial charge in [0.25, 0.3) is 5.91 Å². The molecule has 2 N–H and O–H groups in total. The standard InChI is InChI=1S/C17H13NO2/c19-16-14(11-12-7-3-1-4-8-12)18-17(20)15(16)13-9-5-2-6-10-13/h1-11,19H,(H,18,20). The van der Waals surface area contributed by atoms with E-state index in [2.05, 4.69) is 5.32 Å². The zero-order chi connectivity index (χ0) is 13.9. The molecule has 0 aliphatic carbocycles. The molecule has 1 amide bonds. The van der Waals surface area contributed by atoms with E-state index in [1.807, 2.05) is 48.5 Å². The van der Waals surface area contributed by atoms with E-state index in [-0.39, 0.29) is 11.7 Å². The number of benzene rings is 2. The summed E-state index contributed by atoms with van der Waals surface area (Å²) >= 11 is 0. The lowest BCUT2D eigenvalue weighted by molar-refractivity contribution is -0.114. The third-order valence-corrected chi connectivity index (χ3v) is 3.14. The Morgan fingerprint density at radius 1 is 0.900 bits per heavy atom. The van der Waals surface area contributed by atoms with Gasteiger partial charge in [0, 0.05) is 0 Å². The van der Waals surface area contributed by atoms with Gasteiger partial charge in [-0.1, -0.05) is 60.7 Å². The summed E-state index contributed by atoms with van der Waals surface area (Å²) in [4.78, 5) is 12.0. The van der Waals surface area contributed by atoms with Crippen molar-refractivity contribution in [3.8, 4) is 0 Å². The van der Waals surface area contributed by atoms with Crippen LogP contribution in [0.25, 0.3) is 11.6 Å². The molecular weight excluding hydrogens is 250 g/mol. The summed E-state index contributed by atoms with van der Waals surface area (Å²) < 4.78 is 0. The zero-order valence-electron chi connectivity index (χ0n) is 10.7. The minimum atomic E-state index is -0.282. The Bertz CT molecular complexity index is 700. The summed E-state index contributed by atoms with van der Waals surface area (Å²) in [5.74, 6) is -0.291. The Balaban J connectivity index is 2.03. The van der Waals surface area contributed by atoms with Crippen LogP contribution in [0.4, 0.5) is 0 Å². The SMILES string of the molecule is O=C1NC(=Cc2ccccc2)C(O)=C1c1ccccc1. The molecule has 1 aliphatic heterocycles. The summed E-state index contributed by atoms with van der Waals surface area (Å²) in [6.07, 6.45) is 1.75. The molecule has 1 aliphatic rings. The highest BCUT2D eigenvalue weighted by Crippen LogP contribution is 2.28. The van der Waals surface area contributed by atoms with E-state index in [0.29, 0.717) is 16.8 Å². The molecule has 0 bridgehead atoms. The first-order chi connectivity index (χ1) is 9.75. The largest absolute Gasteiger partial charge is 0.505 e. The molecular formula is C17H13NO2. The van der Waals surface area contributed by atoms with E-state index in [4.69, 9.17) is 0 Å². The highest BCUT2D eigenvalue weighted by Gasteiger charge is 2.27. The van der Waals surface area contributed by atoms with Gasteiger partial charge in [-0.15, -0.1) is 0 Å². The third-order valence-electron chi connectivity index (χ3n) is 3.14. The van der Waals surface area contributed by atoms with Crippen LogP contribution in [0.3, 0.4) is 0 Å². The van der Waals surface area contributed by atoms with Crippen molar-refractivity contribution >= 4 is 17.6 Å². The van der Waals surface area contributed by atoms with Crippen LogP contribution in [-0.4, -0.2) is 11.0 Å². The van der Waals surface area contributed by atoms with Crippen LogP contribution in [-0.2, 0) is 4.79 Å². The minimum absolute atomic E-state index is 0.00921. The highest BCUT2D eigenvalue weighted by atomic mass is 16.3. The van der Waals surface area contributed by atoms with Crippen LogP contribution < -0.4 is 5.32 Å². The summed E-state index contributed by atoms with van der Waals surface area (Å²) in [6.45, 7) is 0. The number of hydrogen-bond acceptors (Lipinski definition) is 2. The average Bonchev–Trinajstić information content (AvgIpc) is 2.75. The topological polar surface area (TPSA) is 49.3 Å². The number of amides is 1. The smallest absolute Gasteiger partial charge is 0.260 e. The number of aliphatic hydroxyl groups is 1. The molecule has 0 radical (unpaired) electrons. The lowest BCUT2D eigenvalue weighted by Gasteiger charge is -1.99. The monoisotopic (exact) mass is 263 g/mol. The minimum Gasteiger partial charge on any atom is -0.505 e. The van der Waals surface area contributed by atoms with Crippen LogP contribution in [0.1, 0.15) is 11.1 Å². The molecule has 2 aromatic rings. The number of hydrogen-bond donors (Lipinski definition) is 2. The van der Waals surface area contributed by atoms with E-state index in [0.717, 1.165) is 5.56 Å². The van der Waals surface area contributed by atoms with E-state index in [1.54, 1.807) is 18.2 Å². The Morgan fingerprint density at radius 3 is 2.15 bits per heavy atom. The molecule has 0 atom stereocenters. The van der Waals surface area contributed by atoms with Crippen molar-refractivity contribution in [3.05, 3.63) is 83.2 Å². The quantitative estimate of drug-likeness (QED) is 0.874. The van der Waals surface area contributed by atoms with Crippen LogP contribution in [0.5, 0.6) is 0 Å². The van der Waals surface area contributed by atoms with Crippen LogP contribution >= 0.6 is 0 Å². The summed E-state index contributed by atoms with van der Waals surface area (Å²) in [7, 11) is 0. The molecule has 98 valence electrons. The number of rotatable bonds is 2. The van der Waals surface area contributed by atoms with Crippen LogP contribution in [0.15, 0.2) is 72.1 Å². The Morgan fingerprint density at radius 2 is 1.50 bits per heavy atom. The fourth-order valence-corrected chi connectivity index (χ4v) is 2.18. The fraction of sp³-hybridized carbons (Fsp3) is 0. The second-order valence-electron chi connectivity index (χ2n) is 4.51. The third kappa shape index (κ3) is 2.21. The first kappa shape index (κ1) is 12.2. The molecule has 0 unspecified atom stereocenters. The maximum absolute atomic E-state index is 12.0. The molecule has 2 aromatic carbocycles. The van der Waals surface area contributed by atoms with Gasteiger partial charge in [-0.05, 0) is 17.2 Å². The molecule has 20 heavy (non-hydrogen) atoms. The number of nitrogens with one attached hydrogen (secondary N) is 1. The predicted octanol–water partition coefficient (Wildman–Crippen LogP) is 3.13. The van der Waals surface area contributed by atoms with Gasteiger partial charge >= 0.3 is 0 Å². The van der Waals surface area contributed by atoms with Crippen molar-refractivity contribution in [1.82, 2.24) is 5.32 Å². The Labute approximate surface area is 116 Å². The van der Waals surface area contributed by atoms with Crippen LogP contribution in [0, 0.1) is 0 Å². The van der Waals surface area contributed by atoms with Gasteiger partial charge < -0.3 is 10.4 Å². The molecule has 0 aromatic heterocycles. The second kappa shape index (κ2) is 5.05. The summed E-state index contributed by atoms with van der Waals surface area (Å²) in [6, 6.07) is 18.7. The maximum atomic E-state index is 12.0. The molecule has 3 rings (SSSR count). The predicted molar refractivity (Wildman–Crippen MR) is 78.6 cm³/mol. The molecule has 3 heteroatoms. The van der Waals surface area contributed by atoms with E-state index in [9.17, 15) is 9.90 Å². The van der Waals surface area contributed by atoms with Gasteiger partial charge in [0.15, 0.2) is 5.76 Å². The average molecular weight is 263 g/mol. The zero-order valence-corrected chi connectivity index (χ0v) is 10.7. The number of carbonyl (C=O) groups is 1. The van der Waals surface area contributed by atoms with E-state index in [1.165, 1.54) is 0 Å². The van der Waals surface area contributed by atoms with Crippen molar-refractivity contribution in [2.45, 2.75) is 0 Å². The molecule has 0 saturated heterocycles. The molecule has 3 nitrogen and oxygen atoms in total. The normalized spacial score (nSPS) is 16.6. The summed E-state index contributed by atoms with van der Waals surface area (Å²) in [5, 5.41) is 13.0. The molecule has 0 spiro atoms. The van der Waals surface area contributed by atoms with Crippen LogP contribution in [0.2, 0.25) is 0 Å². The van der Waals surface area contributed by atoms with E-state index < -0.39 is 0 Å². The van der Waals surface area contributed by atoms with E-state index >= 15 is 0 Å². The van der Waals surface area contributed by atoms with Crippen molar-refractivity contribution in [2.75, 3.05) is 0 Å². The Kier molecular flexibility index (Phi) is 3.09. The van der Waals surface area contributed by atoms with Gasteiger partial charge in [-0.25, -0.2) is 0 Å².